The van der Waals surface area contributed by atoms with Crippen LogP contribution in [0.3, 0.4) is 0 Å². The molecule has 1 aliphatic heterocycles. The molecule has 1 fully saturated rings. The third-order valence-corrected chi connectivity index (χ3v) is 6.60. The first-order valence-electron chi connectivity index (χ1n) is 10.8. The van der Waals surface area contributed by atoms with E-state index in [1.807, 2.05) is 0 Å². The van der Waals surface area contributed by atoms with Crippen LogP contribution in [0.15, 0.2) is 53.1 Å². The van der Waals surface area contributed by atoms with Crippen molar-refractivity contribution < 1.29 is 0 Å². The number of benzene rings is 1. The van der Waals surface area contributed by atoms with Crippen molar-refractivity contribution in [2.45, 2.75) is 31.7 Å². The molecule has 1 aromatic carbocycles. The van der Waals surface area contributed by atoms with E-state index in [1.165, 1.54) is 35.9 Å². The number of nitrogens with two attached hydrogens (primary N) is 1. The van der Waals surface area contributed by atoms with Crippen molar-refractivity contribution >= 4 is 55.5 Å². The molecule has 3 radical (unpaired) electrons. The maximum atomic E-state index is 6.08. The van der Waals surface area contributed by atoms with Crippen LogP contribution in [0.25, 0.3) is 0 Å². The largest absolute Gasteiger partial charge is 0.378 e. The lowest BCUT2D eigenvalue weighted by atomic mass is 10.0. The van der Waals surface area contributed by atoms with Crippen LogP contribution in [0.2, 0.25) is 0 Å². The number of nitrogens with one attached hydrogen (secondary N) is 1. The molecular formula is C24H35N5PS2. The summed E-state index contributed by atoms with van der Waals surface area (Å²) in [6, 6.07) is 9.07. The minimum atomic E-state index is 0. The summed E-state index contributed by atoms with van der Waals surface area (Å²) in [6.45, 7) is 2.18. The molecule has 1 heterocycles. The van der Waals surface area contributed by atoms with Crippen molar-refractivity contribution in [3.63, 3.8) is 0 Å². The first-order chi connectivity index (χ1) is 15.0. The number of hydrogen-bond donors (Lipinski definition) is 2. The van der Waals surface area contributed by atoms with Crippen molar-refractivity contribution in [2.24, 2.45) is 10.7 Å². The molecule has 0 atom stereocenters. The summed E-state index contributed by atoms with van der Waals surface area (Å²) in [6.07, 6.45) is 15.3. The van der Waals surface area contributed by atoms with Crippen molar-refractivity contribution in [2.75, 3.05) is 43.2 Å². The summed E-state index contributed by atoms with van der Waals surface area (Å²) in [7, 11) is 4.34. The van der Waals surface area contributed by atoms with E-state index in [0.29, 0.717) is 16.3 Å². The number of rotatable bonds is 5. The number of hydrogen-bond acceptors (Lipinski definition) is 4. The normalized spacial score (nSPS) is 20.5. The van der Waals surface area contributed by atoms with Crippen LogP contribution in [0.4, 0.5) is 11.4 Å². The zero-order valence-corrected chi connectivity index (χ0v) is 21.8. The highest BCUT2D eigenvalue weighted by molar-refractivity contribution is 8.14. The van der Waals surface area contributed by atoms with Crippen LogP contribution in [0.1, 0.15) is 25.7 Å². The number of thiocarbonyl (C=S) groups is 1. The van der Waals surface area contributed by atoms with Gasteiger partial charge in [0.2, 0.25) is 0 Å². The molecule has 1 aliphatic carbocycles. The highest BCUT2D eigenvalue weighted by Crippen LogP contribution is 2.23. The molecular weight excluding hydrogens is 453 g/mol. The van der Waals surface area contributed by atoms with Gasteiger partial charge in [0.15, 0.2) is 10.3 Å². The van der Waals surface area contributed by atoms with Gasteiger partial charge in [0.25, 0.3) is 0 Å². The summed E-state index contributed by atoms with van der Waals surface area (Å²) in [4.78, 5) is 9.11. The first kappa shape index (κ1) is 26.8. The summed E-state index contributed by atoms with van der Waals surface area (Å²) < 4.78 is 0. The molecule has 0 aromatic heterocycles. The molecule has 173 valence electrons. The first-order valence-corrected chi connectivity index (χ1v) is 12.2. The number of piperidine rings is 1. The molecule has 8 heteroatoms. The Labute approximate surface area is 206 Å². The van der Waals surface area contributed by atoms with E-state index < -0.39 is 0 Å². The minimum Gasteiger partial charge on any atom is -0.378 e. The Morgan fingerprint density at radius 3 is 2.62 bits per heavy atom. The van der Waals surface area contributed by atoms with Crippen molar-refractivity contribution in [1.29, 1.82) is 0 Å². The van der Waals surface area contributed by atoms with Gasteiger partial charge in [-0.05, 0) is 94.7 Å². The third-order valence-electron chi connectivity index (χ3n) is 5.55. The number of aliphatic imine (C=N–C) groups is 1. The monoisotopic (exact) mass is 488 g/mol. The summed E-state index contributed by atoms with van der Waals surface area (Å²) in [5, 5.41) is 4.02. The average molecular weight is 489 g/mol. The molecule has 32 heavy (non-hydrogen) atoms. The molecule has 0 unspecified atom stereocenters. The Kier molecular flexibility index (Phi) is 11.7. The van der Waals surface area contributed by atoms with Gasteiger partial charge in [0.1, 0.15) is 0 Å². The maximum Gasteiger partial charge on any atom is 0.199 e. The van der Waals surface area contributed by atoms with Gasteiger partial charge in [0, 0.05) is 36.3 Å². The zero-order valence-electron chi connectivity index (χ0n) is 19.0. The van der Waals surface area contributed by atoms with E-state index in [2.05, 4.69) is 89.5 Å². The second-order valence-electron chi connectivity index (χ2n) is 8.04. The standard InChI is InChI=1S/C24H33N5S2.H2P/c1-28(2)21-14-16-29(17-15-21)22-12-10-20(11-13-22)26-24(30)27-23(25)31-18-19-8-6-4-3-5-7-9-19;/h3,6-13,21H,4-5,14-18H2,1-2H3,(H3,25,26,27,30);1H2/b8-6-,19-9+;. The van der Waals surface area contributed by atoms with Gasteiger partial charge in [-0.3, -0.25) is 0 Å². The minimum absolute atomic E-state index is 0. The van der Waals surface area contributed by atoms with E-state index in [9.17, 15) is 0 Å². The van der Waals surface area contributed by atoms with Crippen molar-refractivity contribution in [1.82, 2.24) is 4.90 Å². The van der Waals surface area contributed by atoms with Gasteiger partial charge in [-0.15, -0.1) is 9.90 Å². The van der Waals surface area contributed by atoms with Crippen molar-refractivity contribution in [3.8, 4) is 0 Å². The van der Waals surface area contributed by atoms with Gasteiger partial charge < -0.3 is 20.9 Å². The number of anilines is 2. The average Bonchev–Trinajstić information content (AvgIpc) is 2.73. The van der Waals surface area contributed by atoms with E-state index in [-0.39, 0.29) is 9.90 Å². The molecule has 1 saturated heterocycles. The molecule has 0 saturated carbocycles. The Hall–Kier alpha value is -1.40. The number of thioether (sulfide) groups is 1. The van der Waals surface area contributed by atoms with Gasteiger partial charge in [0.05, 0.1) is 0 Å². The number of amidine groups is 1. The van der Waals surface area contributed by atoms with Crippen LogP contribution < -0.4 is 16.0 Å². The lowest BCUT2D eigenvalue weighted by Gasteiger charge is -2.36. The lowest BCUT2D eigenvalue weighted by molar-refractivity contribution is 0.249. The molecule has 0 spiro atoms. The van der Waals surface area contributed by atoms with E-state index in [4.69, 9.17) is 18.0 Å². The maximum absolute atomic E-state index is 6.08. The highest BCUT2D eigenvalue weighted by Gasteiger charge is 2.20. The van der Waals surface area contributed by atoms with Crippen LogP contribution in [0, 0.1) is 12.8 Å². The van der Waals surface area contributed by atoms with Crippen LogP contribution >= 0.6 is 33.9 Å². The summed E-state index contributed by atoms with van der Waals surface area (Å²) in [5.41, 5.74) is 9.49. The van der Waals surface area contributed by atoms with Gasteiger partial charge in [-0.1, -0.05) is 30.0 Å². The molecule has 0 bridgehead atoms. The molecule has 0 amide bonds. The van der Waals surface area contributed by atoms with Crippen molar-refractivity contribution in [3.05, 3.63) is 60.9 Å². The Morgan fingerprint density at radius 2 is 1.94 bits per heavy atom. The topological polar surface area (TPSA) is 56.9 Å². The SMILES string of the molecule is CN(C)C1CCN(c2ccc(NC(=S)/N=C(\N)SCC3=C/[CH]C[CH]C/C=C\3)cc2)CC1.[PH2]. The Morgan fingerprint density at radius 1 is 1.22 bits per heavy atom. The van der Waals surface area contributed by atoms with Gasteiger partial charge >= 0.3 is 0 Å². The lowest BCUT2D eigenvalue weighted by Crippen LogP contribution is -2.41. The second kappa shape index (κ2) is 14.0. The quantitative estimate of drug-likeness (QED) is 0.264. The number of allylic oxidation sites excluding steroid dienone is 3. The molecule has 3 N–H and O–H groups in total. The smallest absolute Gasteiger partial charge is 0.199 e. The predicted octanol–water partition coefficient (Wildman–Crippen LogP) is 4.97. The molecule has 1 aromatic rings. The summed E-state index contributed by atoms with van der Waals surface area (Å²) in [5.74, 6) is 0.782. The predicted molar refractivity (Wildman–Crippen MR) is 150 cm³/mol. The zero-order chi connectivity index (χ0) is 22.1. The van der Waals surface area contributed by atoms with E-state index >= 15 is 0 Å². The van der Waals surface area contributed by atoms with Crippen LogP contribution in [-0.2, 0) is 0 Å². The van der Waals surface area contributed by atoms with Gasteiger partial charge in [-0.25, -0.2) is 0 Å². The van der Waals surface area contributed by atoms with Crippen LogP contribution in [0.5, 0.6) is 0 Å². The number of nitrogens with zero attached hydrogens (tertiary/aromatic N) is 3. The molecule has 3 rings (SSSR count). The summed E-state index contributed by atoms with van der Waals surface area (Å²) >= 11 is 6.87. The molecule has 5 nitrogen and oxygen atoms in total. The third kappa shape index (κ3) is 8.86. The van der Waals surface area contributed by atoms with Crippen LogP contribution in [-0.4, -0.2) is 54.2 Å². The fraction of sp³-hybridized carbons (Fsp3) is 0.417. The molecule has 2 aliphatic rings. The van der Waals surface area contributed by atoms with E-state index in [1.54, 1.807) is 0 Å². The fourth-order valence-corrected chi connectivity index (χ4v) is 4.65. The van der Waals surface area contributed by atoms with Gasteiger partial charge in [-0.2, -0.15) is 4.99 Å². The Balaban J connectivity index is 0.00000363. The highest BCUT2D eigenvalue weighted by atomic mass is 32.2. The second-order valence-corrected chi connectivity index (χ2v) is 9.42. The fourth-order valence-electron chi connectivity index (χ4n) is 3.72. The van der Waals surface area contributed by atoms with E-state index in [0.717, 1.165) is 37.4 Å². The Bertz CT molecular complexity index is 812.